The molecule has 5 nitrogen and oxygen atoms in total. The van der Waals surface area contributed by atoms with E-state index in [0.717, 1.165) is 32.4 Å². The normalized spacial score (nSPS) is 14.3. The van der Waals surface area contributed by atoms with Crippen molar-refractivity contribution in [2.24, 2.45) is 10.9 Å². The van der Waals surface area contributed by atoms with E-state index in [1.54, 1.807) is 6.92 Å². The highest BCUT2D eigenvalue weighted by Crippen LogP contribution is 1.94. The number of amidine groups is 1. The summed E-state index contributed by atoms with van der Waals surface area (Å²) < 4.78 is 0. The van der Waals surface area contributed by atoms with Crippen molar-refractivity contribution < 1.29 is 10.3 Å². The minimum atomic E-state index is -0.236. The quantitative estimate of drug-likeness (QED) is 0.150. The van der Waals surface area contributed by atoms with Gasteiger partial charge in [0.2, 0.25) is 0 Å². The molecule has 5 heteroatoms. The fourth-order valence-corrected chi connectivity index (χ4v) is 1.04. The maximum absolute atomic E-state index is 8.96. The van der Waals surface area contributed by atoms with Crippen LogP contribution in [0.2, 0.25) is 0 Å². The molecule has 0 aromatic rings. The Kier molecular flexibility index (Phi) is 8.27. The van der Waals surface area contributed by atoms with Gasteiger partial charge >= 0.3 is 0 Å². The van der Waals surface area contributed by atoms with Crippen LogP contribution in [0, 0.1) is 0 Å². The van der Waals surface area contributed by atoms with Crippen LogP contribution in [0.3, 0.4) is 0 Å². The summed E-state index contributed by atoms with van der Waals surface area (Å²) in [5.74, 6) is 0.286. The van der Waals surface area contributed by atoms with Crippen molar-refractivity contribution in [1.82, 2.24) is 5.32 Å². The van der Waals surface area contributed by atoms with E-state index < -0.39 is 0 Å². The van der Waals surface area contributed by atoms with Crippen LogP contribution >= 0.6 is 0 Å². The fraction of sp³-hybridized carbons (Fsp3) is 0.889. The van der Waals surface area contributed by atoms with E-state index in [2.05, 4.69) is 10.5 Å². The second kappa shape index (κ2) is 8.77. The predicted octanol–water partition coefficient (Wildman–Crippen LogP) is 0.264. The van der Waals surface area contributed by atoms with E-state index >= 15 is 0 Å². The predicted molar refractivity (Wildman–Crippen MR) is 56.4 cm³/mol. The first-order valence-electron chi connectivity index (χ1n) is 5.02. The monoisotopic (exact) mass is 203 g/mol. The molecule has 0 spiro atoms. The van der Waals surface area contributed by atoms with E-state index in [1.165, 1.54) is 0 Å². The zero-order valence-corrected chi connectivity index (χ0v) is 8.74. The molecule has 84 valence electrons. The van der Waals surface area contributed by atoms with Gasteiger partial charge in [0, 0.05) is 6.42 Å². The van der Waals surface area contributed by atoms with Gasteiger partial charge in [-0.2, -0.15) is 0 Å². The minimum Gasteiger partial charge on any atom is -0.409 e. The first-order chi connectivity index (χ1) is 6.66. The molecule has 1 unspecified atom stereocenters. The Bertz CT molecular complexity index is 160. The highest BCUT2D eigenvalue weighted by molar-refractivity contribution is 5.79. The van der Waals surface area contributed by atoms with Crippen LogP contribution in [-0.4, -0.2) is 35.3 Å². The largest absolute Gasteiger partial charge is 0.409 e. The van der Waals surface area contributed by atoms with Gasteiger partial charge in [0.15, 0.2) is 0 Å². The van der Waals surface area contributed by atoms with Crippen LogP contribution in [-0.2, 0) is 0 Å². The molecule has 5 N–H and O–H groups in total. The average molecular weight is 203 g/mol. The van der Waals surface area contributed by atoms with Gasteiger partial charge in [0.1, 0.15) is 5.84 Å². The number of aliphatic hydroxyl groups is 1. The molecule has 0 aliphatic heterocycles. The summed E-state index contributed by atoms with van der Waals surface area (Å²) in [7, 11) is 0. The van der Waals surface area contributed by atoms with E-state index in [0.29, 0.717) is 6.42 Å². The Morgan fingerprint density at radius 1 is 1.43 bits per heavy atom. The SMILES string of the molecule is CC(O)CCNCCCCC(N)=NO. The number of aliphatic hydroxyl groups excluding tert-OH is 1. The molecular weight excluding hydrogens is 182 g/mol. The maximum atomic E-state index is 8.96. The molecule has 0 heterocycles. The Morgan fingerprint density at radius 3 is 2.71 bits per heavy atom. The van der Waals surface area contributed by atoms with Gasteiger partial charge in [-0.05, 0) is 39.3 Å². The van der Waals surface area contributed by atoms with Gasteiger partial charge in [-0.3, -0.25) is 0 Å². The van der Waals surface area contributed by atoms with Gasteiger partial charge in [-0.15, -0.1) is 0 Å². The van der Waals surface area contributed by atoms with E-state index in [-0.39, 0.29) is 11.9 Å². The lowest BCUT2D eigenvalue weighted by molar-refractivity contribution is 0.184. The Hall–Kier alpha value is -0.810. The Morgan fingerprint density at radius 2 is 2.14 bits per heavy atom. The van der Waals surface area contributed by atoms with Gasteiger partial charge < -0.3 is 21.4 Å². The molecule has 0 amide bonds. The van der Waals surface area contributed by atoms with Crippen LogP contribution < -0.4 is 11.1 Å². The Balaban J connectivity index is 3.07. The number of hydrogen-bond donors (Lipinski definition) is 4. The van der Waals surface area contributed by atoms with Crippen LogP contribution in [0.5, 0.6) is 0 Å². The molecule has 0 aromatic heterocycles. The molecule has 14 heavy (non-hydrogen) atoms. The summed E-state index contributed by atoms with van der Waals surface area (Å²) in [6.07, 6.45) is 3.09. The lowest BCUT2D eigenvalue weighted by atomic mass is 10.2. The van der Waals surface area contributed by atoms with Crippen molar-refractivity contribution in [3.63, 3.8) is 0 Å². The van der Waals surface area contributed by atoms with Crippen molar-refractivity contribution in [3.8, 4) is 0 Å². The molecule has 0 saturated carbocycles. The van der Waals surface area contributed by atoms with Crippen LogP contribution in [0.25, 0.3) is 0 Å². The molecule has 0 radical (unpaired) electrons. The number of nitrogens with two attached hydrogens (primary N) is 1. The highest BCUT2D eigenvalue weighted by Gasteiger charge is 1.95. The zero-order chi connectivity index (χ0) is 10.8. The number of unbranched alkanes of at least 4 members (excludes halogenated alkanes) is 1. The number of nitrogens with zero attached hydrogens (tertiary/aromatic N) is 1. The smallest absolute Gasteiger partial charge is 0.139 e. The second-order valence-electron chi connectivity index (χ2n) is 3.44. The van der Waals surface area contributed by atoms with Gasteiger partial charge in [0.25, 0.3) is 0 Å². The van der Waals surface area contributed by atoms with Crippen molar-refractivity contribution >= 4 is 5.84 Å². The fourth-order valence-electron chi connectivity index (χ4n) is 1.04. The van der Waals surface area contributed by atoms with Gasteiger partial charge in [-0.25, -0.2) is 0 Å². The molecule has 0 aromatic carbocycles. The van der Waals surface area contributed by atoms with Gasteiger partial charge in [-0.1, -0.05) is 5.16 Å². The number of oxime groups is 1. The molecule has 0 rings (SSSR count). The third kappa shape index (κ3) is 9.28. The Labute approximate surface area is 85.0 Å². The summed E-state index contributed by atoms with van der Waals surface area (Å²) in [6, 6.07) is 0. The standard InChI is InChI=1S/C9H21N3O2/c1-8(13)5-7-11-6-3-2-4-9(10)12-14/h8,11,13-14H,2-7H2,1H3,(H2,10,12). The first-order valence-corrected chi connectivity index (χ1v) is 5.02. The van der Waals surface area contributed by atoms with Crippen LogP contribution in [0.1, 0.15) is 32.6 Å². The molecule has 1 atom stereocenters. The number of rotatable bonds is 8. The minimum absolute atomic E-state index is 0.236. The lowest BCUT2D eigenvalue weighted by Crippen LogP contribution is -2.20. The molecule has 0 bridgehead atoms. The second-order valence-corrected chi connectivity index (χ2v) is 3.44. The highest BCUT2D eigenvalue weighted by atomic mass is 16.4. The average Bonchev–Trinajstić information content (AvgIpc) is 2.15. The molecule has 0 aliphatic rings. The first kappa shape index (κ1) is 13.2. The van der Waals surface area contributed by atoms with Crippen molar-refractivity contribution in [2.75, 3.05) is 13.1 Å². The summed E-state index contributed by atoms with van der Waals surface area (Å²) in [5.41, 5.74) is 5.30. The van der Waals surface area contributed by atoms with Gasteiger partial charge in [0.05, 0.1) is 6.10 Å². The van der Waals surface area contributed by atoms with Crippen molar-refractivity contribution in [2.45, 2.75) is 38.7 Å². The van der Waals surface area contributed by atoms with E-state index in [9.17, 15) is 0 Å². The zero-order valence-electron chi connectivity index (χ0n) is 8.74. The summed E-state index contributed by atoms with van der Waals surface area (Å²) in [6.45, 7) is 3.52. The van der Waals surface area contributed by atoms with Crippen molar-refractivity contribution in [1.29, 1.82) is 0 Å². The summed E-state index contributed by atoms with van der Waals surface area (Å²) in [4.78, 5) is 0. The lowest BCUT2D eigenvalue weighted by Gasteiger charge is -2.05. The van der Waals surface area contributed by atoms with Crippen molar-refractivity contribution in [3.05, 3.63) is 0 Å². The third-order valence-electron chi connectivity index (χ3n) is 1.90. The van der Waals surface area contributed by atoms with E-state index in [1.807, 2.05) is 0 Å². The number of hydrogen-bond acceptors (Lipinski definition) is 4. The molecule has 0 saturated heterocycles. The molecule has 0 aliphatic carbocycles. The summed E-state index contributed by atoms with van der Waals surface area (Å²) >= 11 is 0. The maximum Gasteiger partial charge on any atom is 0.139 e. The molecule has 0 fully saturated rings. The topological polar surface area (TPSA) is 90.9 Å². The van der Waals surface area contributed by atoms with E-state index in [4.69, 9.17) is 16.0 Å². The molecular formula is C9H21N3O2. The summed E-state index contributed by atoms with van der Waals surface area (Å²) in [5, 5.41) is 23.3. The third-order valence-corrected chi connectivity index (χ3v) is 1.90. The van der Waals surface area contributed by atoms with Crippen LogP contribution in [0.15, 0.2) is 5.16 Å². The number of nitrogens with one attached hydrogen (secondary N) is 1. The van der Waals surface area contributed by atoms with Crippen LogP contribution in [0.4, 0.5) is 0 Å².